The maximum Gasteiger partial charge on any atom is 0.270 e. The number of rotatable bonds is 5. The van der Waals surface area contributed by atoms with Crippen molar-refractivity contribution >= 4 is 79.5 Å². The number of non-ortho nitro benzene ring substituents is 1. The summed E-state index contributed by atoms with van der Waals surface area (Å²) in [4.78, 5) is 34.0. The second-order valence-electron chi connectivity index (χ2n) is 5.76. The second kappa shape index (κ2) is 10.7. The number of anilines is 2. The van der Waals surface area contributed by atoms with Crippen molar-refractivity contribution < 1.29 is 14.5 Å². The summed E-state index contributed by atoms with van der Waals surface area (Å²) in [6.07, 6.45) is 0.320. The zero-order valence-electron chi connectivity index (χ0n) is 15.5. The third-order valence-electron chi connectivity index (χ3n) is 3.61. The number of hydrogen-bond acceptors (Lipinski definition) is 6. The van der Waals surface area contributed by atoms with Crippen LogP contribution in [-0.4, -0.2) is 27.0 Å². The van der Waals surface area contributed by atoms with Crippen LogP contribution in [0.4, 0.5) is 17.1 Å². The lowest BCUT2D eigenvalue weighted by Gasteiger charge is -2.12. The quantitative estimate of drug-likeness (QED) is 0.273. The Bertz CT molecular complexity index is 1010. The third-order valence-corrected chi connectivity index (χ3v) is 4.71. The van der Waals surface area contributed by atoms with Gasteiger partial charge in [0.05, 0.1) is 10.5 Å². The highest BCUT2D eigenvalue weighted by Gasteiger charge is 2.16. The van der Waals surface area contributed by atoms with Crippen molar-refractivity contribution in [3.8, 4) is 0 Å². The Hall–Kier alpha value is -2.96. The van der Waals surface area contributed by atoms with Crippen LogP contribution < -0.4 is 21.3 Å². The smallest absolute Gasteiger partial charge is 0.270 e. The number of nitro benzene ring substituents is 1. The average Bonchev–Trinajstić information content (AvgIpc) is 2.69. The van der Waals surface area contributed by atoms with Crippen LogP contribution in [0.1, 0.15) is 23.7 Å². The van der Waals surface area contributed by atoms with E-state index in [0.29, 0.717) is 22.3 Å². The first-order valence-electron chi connectivity index (χ1n) is 8.46. The normalized spacial score (nSPS) is 9.93. The van der Waals surface area contributed by atoms with Gasteiger partial charge in [0.25, 0.3) is 11.6 Å². The first-order chi connectivity index (χ1) is 14.2. The fraction of sp³-hybridized carbons (Fsp3) is 0.111. The van der Waals surface area contributed by atoms with Crippen molar-refractivity contribution in [2.45, 2.75) is 13.3 Å². The summed E-state index contributed by atoms with van der Waals surface area (Å²) in [7, 11) is 0. The Morgan fingerprint density at radius 2 is 1.53 bits per heavy atom. The predicted octanol–water partition coefficient (Wildman–Crippen LogP) is 3.71. The van der Waals surface area contributed by atoms with E-state index >= 15 is 0 Å². The molecule has 2 rings (SSSR count). The van der Waals surface area contributed by atoms with Crippen LogP contribution in [-0.2, 0) is 4.79 Å². The van der Waals surface area contributed by atoms with Crippen molar-refractivity contribution in [3.63, 3.8) is 0 Å². The number of hydrogen-bond donors (Lipinski definition) is 4. The van der Waals surface area contributed by atoms with Crippen molar-refractivity contribution in [1.82, 2.24) is 10.6 Å². The van der Waals surface area contributed by atoms with E-state index in [1.807, 2.05) is 0 Å². The molecule has 4 N–H and O–H groups in total. The minimum absolute atomic E-state index is 0.0184. The van der Waals surface area contributed by atoms with Gasteiger partial charge >= 0.3 is 0 Å². The molecule has 12 heteroatoms. The highest BCUT2D eigenvalue weighted by atomic mass is 79.9. The van der Waals surface area contributed by atoms with Gasteiger partial charge in [-0.3, -0.25) is 25.0 Å². The molecule has 0 saturated carbocycles. The van der Waals surface area contributed by atoms with Gasteiger partial charge in [-0.05, 0) is 70.7 Å². The van der Waals surface area contributed by atoms with Crippen molar-refractivity contribution in [1.29, 1.82) is 0 Å². The van der Waals surface area contributed by atoms with Gasteiger partial charge in [-0.15, -0.1) is 0 Å². The molecule has 2 amide bonds. The Morgan fingerprint density at radius 1 is 1.00 bits per heavy atom. The molecule has 0 fully saturated rings. The number of carbonyl (C=O) groups excluding carboxylic acids is 2. The molecule has 0 heterocycles. The van der Waals surface area contributed by atoms with E-state index in [2.05, 4.69) is 37.2 Å². The number of halogens is 1. The SMILES string of the molecule is CCC(=O)NC(=S)Nc1ccc(NC(=S)NC(=O)c2cc([N+](=O)[O-])ccc2Br)cc1. The summed E-state index contributed by atoms with van der Waals surface area (Å²) in [5.74, 6) is -0.791. The molecule has 0 saturated heterocycles. The van der Waals surface area contributed by atoms with E-state index in [0.717, 1.165) is 6.07 Å². The second-order valence-corrected chi connectivity index (χ2v) is 7.43. The number of carbonyl (C=O) groups is 2. The van der Waals surface area contributed by atoms with Crippen LogP contribution in [0.2, 0.25) is 0 Å². The van der Waals surface area contributed by atoms with Crippen LogP contribution in [0.25, 0.3) is 0 Å². The van der Waals surface area contributed by atoms with Crippen LogP contribution >= 0.6 is 40.4 Å². The number of nitrogens with one attached hydrogen (secondary N) is 4. The van der Waals surface area contributed by atoms with Crippen LogP contribution in [0.3, 0.4) is 0 Å². The van der Waals surface area contributed by atoms with Gasteiger partial charge in [0.15, 0.2) is 10.2 Å². The van der Waals surface area contributed by atoms with Crippen LogP contribution in [0.15, 0.2) is 46.9 Å². The molecule has 0 aromatic heterocycles. The fourth-order valence-corrected chi connectivity index (χ4v) is 3.02. The van der Waals surface area contributed by atoms with E-state index in [1.165, 1.54) is 12.1 Å². The molecule has 0 bridgehead atoms. The van der Waals surface area contributed by atoms with E-state index in [4.69, 9.17) is 24.4 Å². The zero-order valence-corrected chi connectivity index (χ0v) is 18.7. The lowest BCUT2D eigenvalue weighted by molar-refractivity contribution is -0.384. The Morgan fingerprint density at radius 3 is 2.03 bits per heavy atom. The van der Waals surface area contributed by atoms with Crippen molar-refractivity contribution in [2.24, 2.45) is 0 Å². The molecular weight excluding hydrogens is 494 g/mol. The Labute approximate surface area is 190 Å². The van der Waals surface area contributed by atoms with Gasteiger partial charge in [0.2, 0.25) is 5.91 Å². The maximum atomic E-state index is 12.4. The molecule has 156 valence electrons. The predicted molar refractivity (Wildman–Crippen MR) is 126 cm³/mol. The monoisotopic (exact) mass is 509 g/mol. The Balaban J connectivity index is 1.96. The van der Waals surface area contributed by atoms with E-state index < -0.39 is 10.8 Å². The summed E-state index contributed by atoms with van der Waals surface area (Å²) in [5, 5.41) is 21.8. The first-order valence-corrected chi connectivity index (χ1v) is 10.1. The van der Waals surface area contributed by atoms with E-state index in [9.17, 15) is 19.7 Å². The van der Waals surface area contributed by atoms with E-state index in [-0.39, 0.29) is 27.4 Å². The minimum Gasteiger partial charge on any atom is -0.332 e. The van der Waals surface area contributed by atoms with Crippen molar-refractivity contribution in [3.05, 3.63) is 62.6 Å². The molecule has 0 aliphatic carbocycles. The molecule has 0 atom stereocenters. The maximum absolute atomic E-state index is 12.4. The first kappa shape index (κ1) is 23.3. The molecular formula is C18H16BrN5O4S2. The molecule has 0 aliphatic rings. The summed E-state index contributed by atoms with van der Waals surface area (Å²) in [5.41, 5.74) is 1.11. The van der Waals surface area contributed by atoms with Crippen LogP contribution in [0.5, 0.6) is 0 Å². The molecule has 0 spiro atoms. The number of thiocarbonyl (C=S) groups is 2. The average molecular weight is 510 g/mol. The molecule has 30 heavy (non-hydrogen) atoms. The molecule has 0 unspecified atom stereocenters. The van der Waals surface area contributed by atoms with Crippen molar-refractivity contribution in [2.75, 3.05) is 10.6 Å². The van der Waals surface area contributed by atoms with Gasteiger partial charge in [0.1, 0.15) is 0 Å². The standard InChI is InChI=1S/C18H16BrN5O4S2/c1-2-15(25)22-17(29)20-10-3-5-11(6-4-10)21-18(30)23-16(26)13-9-12(24(27)28)7-8-14(13)19/h3-9H,2H2,1H3,(H2,20,22,25,29)(H2,21,23,26,30). The fourth-order valence-electron chi connectivity index (χ4n) is 2.15. The van der Waals surface area contributed by atoms with Gasteiger partial charge < -0.3 is 16.0 Å². The summed E-state index contributed by atoms with van der Waals surface area (Å²) < 4.78 is 0.398. The number of benzene rings is 2. The van der Waals surface area contributed by atoms with Gasteiger partial charge in [-0.2, -0.15) is 0 Å². The van der Waals surface area contributed by atoms with E-state index in [1.54, 1.807) is 31.2 Å². The van der Waals surface area contributed by atoms with Gasteiger partial charge in [-0.1, -0.05) is 6.92 Å². The summed E-state index contributed by atoms with van der Waals surface area (Å²) >= 11 is 13.4. The van der Waals surface area contributed by atoms with Gasteiger partial charge in [0, 0.05) is 34.4 Å². The van der Waals surface area contributed by atoms with Gasteiger partial charge in [-0.25, -0.2) is 0 Å². The zero-order chi connectivity index (χ0) is 22.3. The number of nitrogens with zero attached hydrogens (tertiary/aromatic N) is 1. The molecule has 9 nitrogen and oxygen atoms in total. The molecule has 2 aromatic carbocycles. The third kappa shape index (κ3) is 6.83. The molecule has 0 radical (unpaired) electrons. The molecule has 2 aromatic rings. The highest BCUT2D eigenvalue weighted by molar-refractivity contribution is 9.10. The largest absolute Gasteiger partial charge is 0.332 e. The summed E-state index contributed by atoms with van der Waals surface area (Å²) in [6, 6.07) is 10.6. The number of nitro groups is 1. The number of amides is 2. The minimum atomic E-state index is -0.599. The van der Waals surface area contributed by atoms with Crippen LogP contribution in [0, 0.1) is 10.1 Å². The lowest BCUT2D eigenvalue weighted by Crippen LogP contribution is -2.34. The molecule has 0 aliphatic heterocycles. The highest BCUT2D eigenvalue weighted by Crippen LogP contribution is 2.22. The Kier molecular flexibility index (Phi) is 8.33. The topological polar surface area (TPSA) is 125 Å². The summed E-state index contributed by atoms with van der Waals surface area (Å²) in [6.45, 7) is 1.72. The lowest BCUT2D eigenvalue weighted by atomic mass is 10.2.